The highest BCUT2D eigenvalue weighted by atomic mass is 32.1. The summed E-state index contributed by atoms with van der Waals surface area (Å²) in [4.78, 5) is 1.28. The fourth-order valence-corrected chi connectivity index (χ4v) is 3.25. The lowest BCUT2D eigenvalue weighted by Crippen LogP contribution is -3.07. The number of nitrogens with zero attached hydrogens (tertiary/aromatic N) is 3. The summed E-state index contributed by atoms with van der Waals surface area (Å²) in [6.07, 6.45) is 0. The number of hydrogen-bond acceptors (Lipinski definition) is 4. The van der Waals surface area contributed by atoms with Crippen molar-refractivity contribution in [1.29, 1.82) is 0 Å². The van der Waals surface area contributed by atoms with Crippen LogP contribution < -0.4 is 14.4 Å². The Kier molecular flexibility index (Phi) is 5.93. The second-order valence-electron chi connectivity index (χ2n) is 6.51. The summed E-state index contributed by atoms with van der Waals surface area (Å²) in [5, 5.41) is 4.75. The average Bonchev–Trinajstić information content (AvgIpc) is 2.96. The number of rotatable bonds is 7. The zero-order valence-corrected chi connectivity index (χ0v) is 16.9. The zero-order valence-electron chi connectivity index (χ0n) is 16.1. The van der Waals surface area contributed by atoms with Gasteiger partial charge >= 0.3 is 0 Å². The molecule has 3 aromatic rings. The molecule has 1 N–H and O–H groups in total. The summed E-state index contributed by atoms with van der Waals surface area (Å²) in [6.45, 7) is 1.54. The number of para-hydroxylation sites is 1. The molecule has 0 fully saturated rings. The van der Waals surface area contributed by atoms with Gasteiger partial charge in [-0.2, -0.15) is 4.68 Å². The Morgan fingerprint density at radius 1 is 1.04 bits per heavy atom. The molecule has 0 saturated carbocycles. The maximum absolute atomic E-state index is 5.60. The minimum absolute atomic E-state index is 0.674. The smallest absolute Gasteiger partial charge is 0.202 e. The van der Waals surface area contributed by atoms with Gasteiger partial charge in [-0.05, 0) is 48.6 Å². The number of quaternary nitrogens is 1. The van der Waals surface area contributed by atoms with E-state index in [1.165, 1.54) is 10.5 Å². The summed E-state index contributed by atoms with van der Waals surface area (Å²) < 4.78 is 15.2. The first kappa shape index (κ1) is 19.1. The molecule has 27 heavy (non-hydrogen) atoms. The van der Waals surface area contributed by atoms with Crippen molar-refractivity contribution in [1.82, 2.24) is 14.3 Å². The summed E-state index contributed by atoms with van der Waals surface area (Å²) >= 11 is 5.60. The van der Waals surface area contributed by atoms with Crippen molar-refractivity contribution in [2.45, 2.75) is 13.2 Å². The van der Waals surface area contributed by atoms with Crippen LogP contribution in [-0.2, 0) is 20.3 Å². The van der Waals surface area contributed by atoms with Crippen LogP contribution >= 0.6 is 12.2 Å². The Labute approximate surface area is 164 Å². The summed E-state index contributed by atoms with van der Waals surface area (Å²) in [5.74, 6) is 2.45. The molecule has 1 atom stereocenters. The van der Waals surface area contributed by atoms with Crippen molar-refractivity contribution >= 4 is 12.2 Å². The second-order valence-corrected chi connectivity index (χ2v) is 6.87. The molecule has 0 bridgehead atoms. The molecular formula is C20H25N4O2S+. The van der Waals surface area contributed by atoms with E-state index in [9.17, 15) is 0 Å². The van der Waals surface area contributed by atoms with Crippen molar-refractivity contribution in [3.8, 4) is 22.9 Å². The highest BCUT2D eigenvalue weighted by Gasteiger charge is 2.16. The number of nitrogens with one attached hydrogen (secondary N) is 1. The maximum Gasteiger partial charge on any atom is 0.202 e. The van der Waals surface area contributed by atoms with Crippen LogP contribution in [0.15, 0.2) is 48.5 Å². The first-order chi connectivity index (χ1) is 13.0. The molecule has 2 aromatic carbocycles. The van der Waals surface area contributed by atoms with Crippen LogP contribution in [0.2, 0.25) is 0 Å². The van der Waals surface area contributed by atoms with Crippen LogP contribution in [0, 0.1) is 4.77 Å². The molecule has 6 nitrogen and oxygen atoms in total. The zero-order chi connectivity index (χ0) is 19.4. The molecule has 0 amide bonds. The van der Waals surface area contributed by atoms with Gasteiger partial charge in [0.1, 0.15) is 18.0 Å². The van der Waals surface area contributed by atoms with Crippen LogP contribution in [0.3, 0.4) is 0 Å². The molecule has 0 aliphatic carbocycles. The highest BCUT2D eigenvalue weighted by molar-refractivity contribution is 7.71. The van der Waals surface area contributed by atoms with E-state index < -0.39 is 0 Å². The standard InChI is InChI=1S/C20H24N4O2S/c1-22(13-15-9-11-16(25-3)12-10-15)14-24-20(27)23(2)19(21-24)17-7-5-6-8-18(17)26-4/h5-12H,13-14H2,1-4H3/p+1. The van der Waals surface area contributed by atoms with Crippen LogP contribution in [0.4, 0.5) is 0 Å². The topological polar surface area (TPSA) is 45.6 Å². The van der Waals surface area contributed by atoms with Crippen molar-refractivity contribution in [2.24, 2.45) is 7.05 Å². The molecule has 0 spiro atoms. The molecule has 0 saturated heterocycles. The Bertz CT molecular complexity index is 963. The predicted molar refractivity (Wildman–Crippen MR) is 108 cm³/mol. The monoisotopic (exact) mass is 385 g/mol. The first-order valence-corrected chi connectivity index (χ1v) is 9.15. The third-order valence-corrected chi connectivity index (χ3v) is 4.96. The minimum atomic E-state index is 0.674. The van der Waals surface area contributed by atoms with Gasteiger partial charge in [-0.1, -0.05) is 12.1 Å². The van der Waals surface area contributed by atoms with E-state index in [1.54, 1.807) is 14.2 Å². The average molecular weight is 386 g/mol. The Morgan fingerprint density at radius 3 is 2.41 bits per heavy atom. The molecule has 1 heterocycles. The Morgan fingerprint density at radius 2 is 1.74 bits per heavy atom. The summed E-state index contributed by atoms with van der Waals surface area (Å²) in [5.41, 5.74) is 2.17. The summed E-state index contributed by atoms with van der Waals surface area (Å²) in [7, 11) is 7.40. The molecule has 7 heteroatoms. The number of benzene rings is 2. The van der Waals surface area contributed by atoms with Gasteiger partial charge < -0.3 is 18.9 Å². The number of methoxy groups -OCH3 is 2. The van der Waals surface area contributed by atoms with E-state index in [4.69, 9.17) is 26.8 Å². The van der Waals surface area contributed by atoms with Gasteiger partial charge in [-0.15, -0.1) is 5.10 Å². The van der Waals surface area contributed by atoms with Crippen LogP contribution in [0.1, 0.15) is 5.56 Å². The Balaban J connectivity index is 1.80. The van der Waals surface area contributed by atoms with Gasteiger partial charge in [0.25, 0.3) is 0 Å². The fraction of sp³-hybridized carbons (Fsp3) is 0.300. The van der Waals surface area contributed by atoms with Crippen LogP contribution in [0.25, 0.3) is 11.4 Å². The van der Waals surface area contributed by atoms with Crippen molar-refractivity contribution in [3.05, 3.63) is 58.9 Å². The van der Waals surface area contributed by atoms with Gasteiger partial charge in [0.05, 0.1) is 26.8 Å². The van der Waals surface area contributed by atoms with Crippen molar-refractivity contribution in [3.63, 3.8) is 0 Å². The number of ether oxygens (including phenoxy) is 2. The Hall–Kier alpha value is -2.64. The van der Waals surface area contributed by atoms with E-state index >= 15 is 0 Å². The third kappa shape index (κ3) is 4.20. The first-order valence-electron chi connectivity index (χ1n) is 8.75. The molecule has 0 aliphatic rings. The van der Waals surface area contributed by atoms with E-state index in [2.05, 4.69) is 19.2 Å². The van der Waals surface area contributed by atoms with Crippen LogP contribution in [-0.4, -0.2) is 35.6 Å². The lowest BCUT2D eigenvalue weighted by molar-refractivity contribution is -0.917. The van der Waals surface area contributed by atoms with Crippen molar-refractivity contribution < 1.29 is 14.4 Å². The van der Waals surface area contributed by atoms with E-state index in [1.807, 2.05) is 52.7 Å². The fourth-order valence-electron chi connectivity index (χ4n) is 3.06. The van der Waals surface area contributed by atoms with Gasteiger partial charge in [-0.25, -0.2) is 0 Å². The van der Waals surface area contributed by atoms with E-state index in [0.717, 1.165) is 29.4 Å². The van der Waals surface area contributed by atoms with E-state index in [0.29, 0.717) is 11.4 Å². The molecule has 3 rings (SSSR count). The van der Waals surface area contributed by atoms with Gasteiger partial charge in [0, 0.05) is 12.6 Å². The minimum Gasteiger partial charge on any atom is -0.497 e. The third-order valence-electron chi connectivity index (χ3n) is 4.47. The molecule has 1 unspecified atom stereocenters. The highest BCUT2D eigenvalue weighted by Crippen LogP contribution is 2.27. The van der Waals surface area contributed by atoms with Gasteiger partial charge in [-0.3, -0.25) is 0 Å². The molecule has 1 aromatic heterocycles. The predicted octanol–water partition coefficient (Wildman–Crippen LogP) is 2.31. The molecular weight excluding hydrogens is 360 g/mol. The van der Waals surface area contributed by atoms with Crippen LogP contribution in [0.5, 0.6) is 11.5 Å². The normalized spacial score (nSPS) is 12.0. The van der Waals surface area contributed by atoms with Crippen molar-refractivity contribution in [2.75, 3.05) is 21.3 Å². The molecule has 0 radical (unpaired) electrons. The number of aromatic nitrogens is 3. The second kappa shape index (κ2) is 8.37. The largest absolute Gasteiger partial charge is 0.497 e. The SMILES string of the molecule is COc1ccc(C[NH+](C)Cn2nc(-c3ccccc3OC)n(C)c2=S)cc1. The number of hydrogen-bond donors (Lipinski definition) is 1. The molecule has 0 aliphatic heterocycles. The molecule has 142 valence electrons. The quantitative estimate of drug-likeness (QED) is 0.634. The lowest BCUT2D eigenvalue weighted by atomic mass is 10.2. The maximum atomic E-state index is 5.60. The summed E-state index contributed by atoms with van der Waals surface area (Å²) in [6, 6.07) is 16.0. The van der Waals surface area contributed by atoms with Gasteiger partial charge in [0.2, 0.25) is 4.77 Å². The lowest BCUT2D eigenvalue weighted by Gasteiger charge is -2.14. The van der Waals surface area contributed by atoms with E-state index in [-0.39, 0.29) is 0 Å². The van der Waals surface area contributed by atoms with Gasteiger partial charge in [0.15, 0.2) is 12.5 Å².